The Bertz CT molecular complexity index is 804. The van der Waals surface area contributed by atoms with Crippen molar-refractivity contribution in [2.75, 3.05) is 13.1 Å². The molecule has 4 amide bonds. The third-order valence-electron chi connectivity index (χ3n) is 5.64. The molecule has 0 unspecified atom stereocenters. The van der Waals surface area contributed by atoms with Crippen LogP contribution in [0.2, 0.25) is 0 Å². The standard InChI is InChI=1S/C21H30N4O4/c1-13(2)11-24-12-17(26)25(20(24)28)14(3)8-21(4)9-15(10-21)29-19-16(18(22)27)6-5-7-23-19/h5-7,13-15H,8-12H2,1-4H3,(H2,22,27)/t14-,15?,21?/m0/s1. The zero-order valence-corrected chi connectivity index (χ0v) is 17.6. The topological polar surface area (TPSA) is 106 Å². The van der Waals surface area contributed by atoms with E-state index < -0.39 is 5.91 Å². The van der Waals surface area contributed by atoms with Crippen molar-refractivity contribution >= 4 is 17.8 Å². The molecule has 2 aliphatic rings. The molecule has 0 spiro atoms. The van der Waals surface area contributed by atoms with Gasteiger partial charge in [-0.2, -0.15) is 0 Å². The Morgan fingerprint density at radius 2 is 2.03 bits per heavy atom. The Morgan fingerprint density at radius 3 is 2.66 bits per heavy atom. The summed E-state index contributed by atoms with van der Waals surface area (Å²) < 4.78 is 5.88. The molecule has 8 nitrogen and oxygen atoms in total. The van der Waals surface area contributed by atoms with E-state index in [1.54, 1.807) is 23.2 Å². The van der Waals surface area contributed by atoms with E-state index in [-0.39, 0.29) is 47.5 Å². The Labute approximate surface area is 171 Å². The fourth-order valence-electron chi connectivity index (χ4n) is 4.51. The summed E-state index contributed by atoms with van der Waals surface area (Å²) in [7, 11) is 0. The van der Waals surface area contributed by atoms with Crippen molar-refractivity contribution in [3.05, 3.63) is 23.9 Å². The number of imide groups is 1. The number of aromatic nitrogens is 1. The predicted octanol–water partition coefficient (Wildman–Crippen LogP) is 2.43. The third-order valence-corrected chi connectivity index (χ3v) is 5.64. The molecule has 0 aromatic carbocycles. The molecule has 3 rings (SSSR count). The van der Waals surface area contributed by atoms with Crippen LogP contribution < -0.4 is 10.5 Å². The van der Waals surface area contributed by atoms with Crippen molar-refractivity contribution in [1.29, 1.82) is 0 Å². The quantitative estimate of drug-likeness (QED) is 0.672. The first-order chi connectivity index (χ1) is 13.6. The molecule has 158 valence electrons. The molecular weight excluding hydrogens is 372 g/mol. The highest BCUT2D eigenvalue weighted by Gasteiger charge is 2.46. The normalized spacial score (nSPS) is 25.3. The maximum Gasteiger partial charge on any atom is 0.327 e. The van der Waals surface area contributed by atoms with E-state index in [1.807, 2.05) is 20.8 Å². The van der Waals surface area contributed by atoms with E-state index in [0.717, 1.165) is 12.8 Å². The summed E-state index contributed by atoms with van der Waals surface area (Å²) in [5, 5.41) is 0. The van der Waals surface area contributed by atoms with Gasteiger partial charge in [0.15, 0.2) is 0 Å². The van der Waals surface area contributed by atoms with Crippen LogP contribution in [0, 0.1) is 11.3 Å². The summed E-state index contributed by atoms with van der Waals surface area (Å²) in [5.74, 6) is -0.116. The molecule has 2 fully saturated rings. The average Bonchev–Trinajstić information content (AvgIpc) is 2.86. The highest BCUT2D eigenvalue weighted by Crippen LogP contribution is 2.47. The molecule has 2 N–H and O–H groups in total. The monoisotopic (exact) mass is 402 g/mol. The predicted molar refractivity (Wildman–Crippen MR) is 107 cm³/mol. The van der Waals surface area contributed by atoms with Gasteiger partial charge in [-0.3, -0.25) is 14.5 Å². The van der Waals surface area contributed by atoms with E-state index in [4.69, 9.17) is 10.5 Å². The van der Waals surface area contributed by atoms with Crippen molar-refractivity contribution in [2.45, 2.75) is 59.1 Å². The number of nitrogens with two attached hydrogens (primary N) is 1. The molecule has 1 aliphatic carbocycles. The Hall–Kier alpha value is -2.64. The minimum atomic E-state index is -0.569. The minimum absolute atomic E-state index is 0.0439. The maximum atomic E-state index is 12.6. The molecule has 8 heteroatoms. The number of primary amides is 1. The number of carbonyl (C=O) groups excluding carboxylic acids is 3. The Balaban J connectivity index is 1.56. The number of carbonyl (C=O) groups is 3. The summed E-state index contributed by atoms with van der Waals surface area (Å²) >= 11 is 0. The molecule has 1 aromatic heterocycles. The Morgan fingerprint density at radius 1 is 1.34 bits per heavy atom. The number of hydrogen-bond donors (Lipinski definition) is 1. The Kier molecular flexibility index (Phi) is 5.82. The van der Waals surface area contributed by atoms with E-state index in [2.05, 4.69) is 11.9 Å². The number of ether oxygens (including phenoxy) is 1. The highest BCUT2D eigenvalue weighted by atomic mass is 16.5. The number of urea groups is 1. The van der Waals surface area contributed by atoms with Gasteiger partial charge in [-0.15, -0.1) is 0 Å². The average molecular weight is 402 g/mol. The lowest BCUT2D eigenvalue weighted by Crippen LogP contribution is -2.48. The van der Waals surface area contributed by atoms with Crippen molar-refractivity contribution in [1.82, 2.24) is 14.8 Å². The van der Waals surface area contributed by atoms with Gasteiger partial charge in [-0.25, -0.2) is 9.78 Å². The van der Waals surface area contributed by atoms with Crippen molar-refractivity contribution in [2.24, 2.45) is 17.1 Å². The van der Waals surface area contributed by atoms with Gasteiger partial charge in [0.25, 0.3) is 11.8 Å². The van der Waals surface area contributed by atoms with Gasteiger partial charge in [0.1, 0.15) is 18.2 Å². The largest absolute Gasteiger partial charge is 0.474 e. The van der Waals surface area contributed by atoms with Crippen molar-refractivity contribution in [3.63, 3.8) is 0 Å². The van der Waals surface area contributed by atoms with Crippen LogP contribution in [-0.2, 0) is 4.79 Å². The SMILES string of the molecule is CC(C)CN1CC(=O)N([C@@H](C)CC2(C)CC(Oc3ncccc3C(N)=O)C2)C1=O. The first-order valence-corrected chi connectivity index (χ1v) is 10.1. The van der Waals surface area contributed by atoms with E-state index in [0.29, 0.717) is 18.9 Å². The summed E-state index contributed by atoms with van der Waals surface area (Å²) in [6, 6.07) is 2.88. The first kappa shape index (κ1) is 21.1. The number of nitrogens with zero attached hydrogens (tertiary/aromatic N) is 3. The zero-order chi connectivity index (χ0) is 21.3. The lowest BCUT2D eigenvalue weighted by molar-refractivity contribution is -0.127. The van der Waals surface area contributed by atoms with Gasteiger partial charge in [0.05, 0.1) is 0 Å². The van der Waals surface area contributed by atoms with E-state index in [1.165, 1.54) is 4.90 Å². The number of pyridine rings is 1. The van der Waals surface area contributed by atoms with Crippen molar-refractivity contribution in [3.8, 4) is 5.88 Å². The molecule has 29 heavy (non-hydrogen) atoms. The smallest absolute Gasteiger partial charge is 0.327 e. The van der Waals surface area contributed by atoms with Gasteiger partial charge in [-0.1, -0.05) is 20.8 Å². The van der Waals surface area contributed by atoms with Gasteiger partial charge in [-0.05, 0) is 49.7 Å². The van der Waals surface area contributed by atoms with Crippen LogP contribution >= 0.6 is 0 Å². The zero-order valence-electron chi connectivity index (χ0n) is 17.6. The van der Waals surface area contributed by atoms with Crippen LogP contribution in [0.1, 0.15) is 57.3 Å². The van der Waals surface area contributed by atoms with E-state index >= 15 is 0 Å². The lowest BCUT2D eigenvalue weighted by Gasteiger charge is -2.46. The molecule has 1 atom stereocenters. The van der Waals surface area contributed by atoms with Crippen molar-refractivity contribution < 1.29 is 19.1 Å². The fraction of sp³-hybridized carbons (Fsp3) is 0.619. The summed E-state index contributed by atoms with van der Waals surface area (Å²) in [6.45, 7) is 8.88. The van der Waals surface area contributed by atoms with Gasteiger partial charge in [0.2, 0.25) is 5.88 Å². The second-order valence-corrected chi connectivity index (χ2v) is 9.05. The lowest BCUT2D eigenvalue weighted by atomic mass is 9.65. The molecular formula is C21H30N4O4. The summed E-state index contributed by atoms with van der Waals surface area (Å²) in [4.78, 5) is 43.7. The number of rotatable bonds is 8. The summed E-state index contributed by atoms with van der Waals surface area (Å²) in [5.41, 5.74) is 5.60. The third kappa shape index (κ3) is 4.52. The van der Waals surface area contributed by atoms with Gasteiger partial charge >= 0.3 is 6.03 Å². The van der Waals surface area contributed by atoms with Gasteiger partial charge < -0.3 is 15.4 Å². The van der Waals surface area contributed by atoms with E-state index in [9.17, 15) is 14.4 Å². The van der Waals surface area contributed by atoms with Crippen LogP contribution in [0.25, 0.3) is 0 Å². The summed E-state index contributed by atoms with van der Waals surface area (Å²) in [6.07, 6.45) is 3.73. The second-order valence-electron chi connectivity index (χ2n) is 9.05. The minimum Gasteiger partial charge on any atom is -0.474 e. The van der Waals surface area contributed by atoms with Crippen LogP contribution in [0.3, 0.4) is 0 Å². The van der Waals surface area contributed by atoms with Crippen LogP contribution in [0.4, 0.5) is 4.79 Å². The highest BCUT2D eigenvalue weighted by molar-refractivity contribution is 6.02. The van der Waals surface area contributed by atoms with Crippen LogP contribution in [-0.4, -0.2) is 57.9 Å². The fourth-order valence-corrected chi connectivity index (χ4v) is 4.51. The van der Waals surface area contributed by atoms with Crippen LogP contribution in [0.15, 0.2) is 18.3 Å². The number of amides is 4. The number of hydrogen-bond acceptors (Lipinski definition) is 5. The molecule has 0 bridgehead atoms. The molecule has 1 aromatic rings. The second kappa shape index (κ2) is 8.00. The molecule has 0 radical (unpaired) electrons. The maximum absolute atomic E-state index is 12.6. The van der Waals surface area contributed by atoms with Gasteiger partial charge in [0, 0.05) is 18.8 Å². The molecule has 2 heterocycles. The molecule has 1 saturated heterocycles. The first-order valence-electron chi connectivity index (χ1n) is 10.1. The molecule has 1 aliphatic heterocycles. The van der Waals surface area contributed by atoms with Crippen LogP contribution in [0.5, 0.6) is 5.88 Å². The molecule has 1 saturated carbocycles.